The summed E-state index contributed by atoms with van der Waals surface area (Å²) < 4.78 is 0. The number of amides is 1. The molecule has 0 bridgehead atoms. The maximum atomic E-state index is 12.9. The number of benzene rings is 2. The Bertz CT molecular complexity index is 1060. The van der Waals surface area contributed by atoms with Gasteiger partial charge < -0.3 is 5.32 Å². The number of hydrogen-bond donors (Lipinski definition) is 1. The zero-order valence-corrected chi connectivity index (χ0v) is 16.3. The van der Waals surface area contributed by atoms with Crippen LogP contribution in [-0.2, 0) is 6.42 Å². The Morgan fingerprint density at radius 3 is 2.37 bits per heavy atom. The molecule has 4 rings (SSSR count). The molecule has 2 aromatic carbocycles. The Hall–Kier alpha value is -2.83. The minimum Gasteiger partial charge on any atom is -0.321 e. The Morgan fingerprint density at radius 2 is 1.70 bits per heavy atom. The van der Waals surface area contributed by atoms with Crippen LogP contribution in [0.4, 0.5) is 5.69 Å². The van der Waals surface area contributed by atoms with Gasteiger partial charge in [0.25, 0.3) is 5.91 Å². The van der Waals surface area contributed by atoms with Crippen LogP contribution in [0, 0.1) is 6.92 Å². The third kappa shape index (κ3) is 4.13. The molecule has 1 amide bonds. The molecule has 134 valence electrons. The van der Waals surface area contributed by atoms with Gasteiger partial charge in [0.1, 0.15) is 9.88 Å². The molecule has 27 heavy (non-hydrogen) atoms. The summed E-state index contributed by atoms with van der Waals surface area (Å²) in [5.41, 5.74) is 3.41. The van der Waals surface area contributed by atoms with Gasteiger partial charge in [-0.05, 0) is 19.1 Å². The summed E-state index contributed by atoms with van der Waals surface area (Å²) in [4.78, 5) is 22.8. The van der Waals surface area contributed by atoms with Crippen LogP contribution >= 0.6 is 22.7 Å². The molecule has 4 aromatic rings. The summed E-state index contributed by atoms with van der Waals surface area (Å²) in [5, 5.41) is 6.93. The van der Waals surface area contributed by atoms with Crippen molar-refractivity contribution >= 4 is 34.3 Å². The summed E-state index contributed by atoms with van der Waals surface area (Å²) >= 11 is 3.05. The van der Waals surface area contributed by atoms with E-state index in [0.29, 0.717) is 11.3 Å². The molecule has 0 aliphatic heterocycles. The molecule has 0 aliphatic rings. The predicted octanol–water partition coefficient (Wildman–Crippen LogP) is 5.42. The molecular formula is C21H17N3OS2. The molecule has 0 saturated heterocycles. The highest BCUT2D eigenvalue weighted by atomic mass is 32.1. The van der Waals surface area contributed by atoms with Gasteiger partial charge in [-0.3, -0.25) is 4.79 Å². The van der Waals surface area contributed by atoms with Crippen LogP contribution in [0.3, 0.4) is 0 Å². The molecule has 0 aliphatic carbocycles. The summed E-state index contributed by atoms with van der Waals surface area (Å²) in [6.45, 7) is 1.99. The van der Waals surface area contributed by atoms with Crippen LogP contribution in [-0.4, -0.2) is 15.9 Å². The standard InChI is InChI=1S/C21H17N3OS2/c1-14-22-17(13-26-14)12-18-24-19(15-8-4-2-5-9-15)20(27-18)21(25)23-16-10-6-3-7-11-16/h2-11,13H,12H2,1H3,(H,23,25). The Morgan fingerprint density at radius 1 is 1.00 bits per heavy atom. The van der Waals surface area contributed by atoms with E-state index in [1.807, 2.05) is 73.0 Å². The smallest absolute Gasteiger partial charge is 0.268 e. The van der Waals surface area contributed by atoms with E-state index in [9.17, 15) is 4.79 Å². The van der Waals surface area contributed by atoms with Gasteiger partial charge in [0.05, 0.1) is 16.4 Å². The lowest BCUT2D eigenvalue weighted by molar-refractivity contribution is 0.103. The highest BCUT2D eigenvalue weighted by Gasteiger charge is 2.20. The van der Waals surface area contributed by atoms with Crippen molar-refractivity contribution in [1.82, 2.24) is 9.97 Å². The van der Waals surface area contributed by atoms with Crippen LogP contribution in [0.2, 0.25) is 0 Å². The van der Waals surface area contributed by atoms with Crippen LogP contribution in [0.5, 0.6) is 0 Å². The van der Waals surface area contributed by atoms with Gasteiger partial charge in [0, 0.05) is 23.1 Å². The Balaban J connectivity index is 1.68. The average Bonchev–Trinajstić information content (AvgIpc) is 3.30. The van der Waals surface area contributed by atoms with Crippen molar-refractivity contribution in [2.24, 2.45) is 0 Å². The second-order valence-electron chi connectivity index (χ2n) is 6.01. The normalized spacial score (nSPS) is 10.7. The monoisotopic (exact) mass is 391 g/mol. The van der Waals surface area contributed by atoms with Crippen molar-refractivity contribution in [3.63, 3.8) is 0 Å². The molecule has 0 unspecified atom stereocenters. The van der Waals surface area contributed by atoms with Crippen LogP contribution in [0.1, 0.15) is 25.4 Å². The van der Waals surface area contributed by atoms with E-state index in [4.69, 9.17) is 4.98 Å². The second-order valence-corrected chi connectivity index (χ2v) is 8.15. The highest BCUT2D eigenvalue weighted by Crippen LogP contribution is 2.30. The number of rotatable bonds is 5. The quantitative estimate of drug-likeness (QED) is 0.494. The van der Waals surface area contributed by atoms with Gasteiger partial charge in [-0.1, -0.05) is 48.5 Å². The first-order valence-corrected chi connectivity index (χ1v) is 10.2. The number of aryl methyl sites for hydroxylation is 1. The number of nitrogens with one attached hydrogen (secondary N) is 1. The van der Waals surface area contributed by atoms with E-state index in [-0.39, 0.29) is 5.91 Å². The number of aromatic nitrogens is 2. The maximum Gasteiger partial charge on any atom is 0.268 e. The molecule has 0 atom stereocenters. The number of carbonyl (C=O) groups is 1. The average molecular weight is 392 g/mol. The SMILES string of the molecule is Cc1nc(Cc2nc(-c3ccccc3)c(C(=O)Nc3ccccc3)s2)cs1. The van der Waals surface area contributed by atoms with Crippen molar-refractivity contribution in [3.05, 3.63) is 86.6 Å². The first kappa shape index (κ1) is 17.6. The van der Waals surface area contributed by atoms with Gasteiger partial charge in [0.2, 0.25) is 0 Å². The Kier molecular flexibility index (Phi) is 5.09. The number of hydrogen-bond acceptors (Lipinski definition) is 5. The minimum absolute atomic E-state index is 0.140. The molecule has 6 heteroatoms. The van der Waals surface area contributed by atoms with E-state index in [0.717, 1.165) is 32.7 Å². The van der Waals surface area contributed by atoms with E-state index in [1.54, 1.807) is 11.3 Å². The largest absolute Gasteiger partial charge is 0.321 e. The first-order chi connectivity index (χ1) is 13.2. The number of thiazole rings is 2. The molecule has 4 nitrogen and oxygen atoms in total. The molecule has 0 saturated carbocycles. The fraction of sp³-hybridized carbons (Fsp3) is 0.0952. The lowest BCUT2D eigenvalue weighted by Crippen LogP contribution is -2.11. The molecule has 0 radical (unpaired) electrons. The lowest BCUT2D eigenvalue weighted by Gasteiger charge is -2.05. The fourth-order valence-corrected chi connectivity index (χ4v) is 4.35. The number of nitrogens with zero attached hydrogens (tertiary/aromatic N) is 2. The van der Waals surface area contributed by atoms with E-state index >= 15 is 0 Å². The van der Waals surface area contributed by atoms with Gasteiger partial charge in [-0.25, -0.2) is 9.97 Å². The molecular weight excluding hydrogens is 374 g/mol. The van der Waals surface area contributed by atoms with Crippen molar-refractivity contribution in [1.29, 1.82) is 0 Å². The zero-order valence-electron chi connectivity index (χ0n) is 14.7. The first-order valence-electron chi connectivity index (χ1n) is 8.51. The fourth-order valence-electron chi connectivity index (χ4n) is 2.74. The molecule has 2 aromatic heterocycles. The van der Waals surface area contributed by atoms with E-state index in [2.05, 4.69) is 10.3 Å². The van der Waals surface area contributed by atoms with E-state index in [1.165, 1.54) is 11.3 Å². The topological polar surface area (TPSA) is 54.9 Å². The number of anilines is 1. The lowest BCUT2D eigenvalue weighted by atomic mass is 10.1. The summed E-state index contributed by atoms with van der Waals surface area (Å²) in [5.74, 6) is -0.140. The summed E-state index contributed by atoms with van der Waals surface area (Å²) in [7, 11) is 0. The predicted molar refractivity (Wildman–Crippen MR) is 112 cm³/mol. The second kappa shape index (κ2) is 7.82. The summed E-state index contributed by atoms with van der Waals surface area (Å²) in [6.07, 6.45) is 0.632. The van der Waals surface area contributed by atoms with Crippen LogP contribution < -0.4 is 5.32 Å². The molecule has 1 N–H and O–H groups in total. The van der Waals surface area contributed by atoms with Crippen LogP contribution in [0.25, 0.3) is 11.3 Å². The molecule has 0 spiro atoms. The minimum atomic E-state index is -0.140. The number of carbonyl (C=O) groups excluding carboxylic acids is 1. The third-order valence-corrected chi connectivity index (χ3v) is 5.83. The summed E-state index contributed by atoms with van der Waals surface area (Å²) in [6, 6.07) is 19.3. The third-order valence-electron chi connectivity index (χ3n) is 3.96. The van der Waals surface area contributed by atoms with Crippen molar-refractivity contribution in [3.8, 4) is 11.3 Å². The molecule has 0 fully saturated rings. The van der Waals surface area contributed by atoms with E-state index < -0.39 is 0 Å². The van der Waals surface area contributed by atoms with Crippen molar-refractivity contribution in [2.75, 3.05) is 5.32 Å². The van der Waals surface area contributed by atoms with Gasteiger partial charge >= 0.3 is 0 Å². The van der Waals surface area contributed by atoms with Crippen molar-refractivity contribution in [2.45, 2.75) is 13.3 Å². The van der Waals surface area contributed by atoms with Gasteiger partial charge in [-0.15, -0.1) is 22.7 Å². The van der Waals surface area contributed by atoms with Gasteiger partial charge in [-0.2, -0.15) is 0 Å². The molecule has 2 heterocycles. The Labute approximate surface area is 165 Å². The van der Waals surface area contributed by atoms with Crippen molar-refractivity contribution < 1.29 is 4.79 Å². The zero-order chi connectivity index (χ0) is 18.6. The highest BCUT2D eigenvalue weighted by molar-refractivity contribution is 7.14. The van der Waals surface area contributed by atoms with Crippen LogP contribution in [0.15, 0.2) is 66.0 Å². The maximum absolute atomic E-state index is 12.9. The van der Waals surface area contributed by atoms with Gasteiger partial charge in [0.15, 0.2) is 0 Å². The number of para-hydroxylation sites is 1.